The summed E-state index contributed by atoms with van der Waals surface area (Å²) in [4.78, 5) is 2.35. The Morgan fingerprint density at radius 2 is 1.63 bits per heavy atom. The van der Waals surface area contributed by atoms with Gasteiger partial charge < -0.3 is 15.0 Å². The van der Waals surface area contributed by atoms with Crippen LogP contribution < -0.4 is 10.1 Å². The van der Waals surface area contributed by atoms with Crippen molar-refractivity contribution in [2.45, 2.75) is 65.3 Å². The maximum Gasteiger partial charge on any atom is 0.119 e. The number of hydrogen-bond donors (Lipinski definition) is 1. The quantitative estimate of drug-likeness (QED) is 0.363. The molecule has 0 bridgehead atoms. The molecule has 0 saturated carbocycles. The summed E-state index contributed by atoms with van der Waals surface area (Å²) in [6.45, 7) is 10.7. The van der Waals surface area contributed by atoms with E-state index in [9.17, 15) is 0 Å². The third-order valence-corrected chi connectivity index (χ3v) is 5.79. The molecule has 0 heterocycles. The van der Waals surface area contributed by atoms with Gasteiger partial charge in [-0.05, 0) is 94.5 Å². The molecular formula is C27H42N2O. The minimum absolute atomic E-state index is 0.340. The maximum atomic E-state index is 6.03. The maximum absolute atomic E-state index is 6.03. The smallest absolute Gasteiger partial charge is 0.119 e. The highest BCUT2D eigenvalue weighted by Gasteiger charge is 2.06. The van der Waals surface area contributed by atoms with Crippen LogP contribution in [-0.4, -0.2) is 38.2 Å². The molecule has 0 fully saturated rings. The molecule has 0 amide bonds. The van der Waals surface area contributed by atoms with Crippen molar-refractivity contribution in [3.05, 3.63) is 65.2 Å². The molecule has 0 aliphatic heterocycles. The number of nitrogens with one attached hydrogen (secondary N) is 1. The molecule has 3 nitrogen and oxygen atoms in total. The fourth-order valence-electron chi connectivity index (χ4n) is 3.54. The summed E-state index contributed by atoms with van der Waals surface area (Å²) in [5.74, 6) is 0.974. The molecule has 0 saturated heterocycles. The van der Waals surface area contributed by atoms with Crippen molar-refractivity contribution in [3.63, 3.8) is 0 Å². The van der Waals surface area contributed by atoms with Crippen LogP contribution in [0.5, 0.6) is 5.75 Å². The first-order chi connectivity index (χ1) is 14.6. The molecule has 1 atom stereocenters. The molecule has 0 spiro atoms. The lowest BCUT2D eigenvalue weighted by Gasteiger charge is -2.17. The standard InChI is InChI=1S/C27H42N2O/c1-5-7-11-24-15-17-25(18-16-24)12-9-21-30-27-14-8-13-26(22-27)23(3)28-19-10-20-29(4)6-2/h8,13-18,22-23,28H,5-7,9-12,19-21H2,1-4H3. The normalized spacial score (nSPS) is 12.3. The molecule has 30 heavy (non-hydrogen) atoms. The van der Waals surface area contributed by atoms with Gasteiger partial charge in [-0.3, -0.25) is 0 Å². The number of nitrogens with zero attached hydrogens (tertiary/aromatic N) is 1. The largest absolute Gasteiger partial charge is 0.494 e. The van der Waals surface area contributed by atoms with E-state index < -0.39 is 0 Å². The second-order valence-electron chi connectivity index (χ2n) is 8.37. The van der Waals surface area contributed by atoms with Gasteiger partial charge in [0.1, 0.15) is 5.75 Å². The Labute approximate surface area is 184 Å². The van der Waals surface area contributed by atoms with Gasteiger partial charge in [-0.2, -0.15) is 0 Å². The van der Waals surface area contributed by atoms with E-state index in [1.807, 2.05) is 0 Å². The summed E-state index contributed by atoms with van der Waals surface area (Å²) in [5.41, 5.74) is 4.15. The SMILES string of the molecule is CCCCc1ccc(CCCOc2cccc(C(C)NCCCN(C)CC)c2)cc1. The van der Waals surface area contributed by atoms with Gasteiger partial charge >= 0.3 is 0 Å². The summed E-state index contributed by atoms with van der Waals surface area (Å²) in [5, 5.41) is 3.63. The highest BCUT2D eigenvalue weighted by Crippen LogP contribution is 2.19. The fraction of sp³-hybridized carbons (Fsp3) is 0.556. The molecule has 1 unspecified atom stereocenters. The average Bonchev–Trinajstić information content (AvgIpc) is 2.78. The van der Waals surface area contributed by atoms with Crippen LogP contribution in [0.3, 0.4) is 0 Å². The van der Waals surface area contributed by atoms with Gasteiger partial charge in [-0.1, -0.05) is 56.7 Å². The van der Waals surface area contributed by atoms with E-state index in [4.69, 9.17) is 4.74 Å². The summed E-state index contributed by atoms with van der Waals surface area (Å²) in [7, 11) is 2.17. The van der Waals surface area contributed by atoms with Crippen molar-refractivity contribution >= 4 is 0 Å². The van der Waals surface area contributed by atoms with E-state index in [1.54, 1.807) is 0 Å². The number of ether oxygens (including phenoxy) is 1. The van der Waals surface area contributed by atoms with E-state index in [1.165, 1.54) is 42.4 Å². The number of rotatable bonds is 15. The van der Waals surface area contributed by atoms with Crippen LogP contribution in [0.1, 0.15) is 69.2 Å². The van der Waals surface area contributed by atoms with Gasteiger partial charge in [-0.15, -0.1) is 0 Å². The lowest BCUT2D eigenvalue weighted by atomic mass is 10.0. The topological polar surface area (TPSA) is 24.5 Å². The number of aryl methyl sites for hydroxylation is 2. The van der Waals surface area contributed by atoms with E-state index in [-0.39, 0.29) is 0 Å². The summed E-state index contributed by atoms with van der Waals surface area (Å²) < 4.78 is 6.03. The monoisotopic (exact) mass is 410 g/mol. The van der Waals surface area contributed by atoms with E-state index in [0.29, 0.717) is 6.04 Å². The first-order valence-electron chi connectivity index (χ1n) is 11.8. The van der Waals surface area contributed by atoms with Crippen LogP contribution in [0.4, 0.5) is 0 Å². The molecule has 2 aromatic carbocycles. The average molecular weight is 411 g/mol. The molecule has 0 radical (unpaired) electrons. The lowest BCUT2D eigenvalue weighted by molar-refractivity contribution is 0.310. The van der Waals surface area contributed by atoms with Crippen LogP contribution in [0.15, 0.2) is 48.5 Å². The van der Waals surface area contributed by atoms with Gasteiger partial charge in [0.2, 0.25) is 0 Å². The zero-order chi connectivity index (χ0) is 21.6. The highest BCUT2D eigenvalue weighted by atomic mass is 16.5. The molecule has 0 aliphatic carbocycles. The van der Waals surface area contributed by atoms with Crippen molar-refractivity contribution < 1.29 is 4.74 Å². The zero-order valence-electron chi connectivity index (χ0n) is 19.6. The summed E-state index contributed by atoms with van der Waals surface area (Å²) in [6.07, 6.45) is 7.00. The third kappa shape index (κ3) is 9.32. The van der Waals surface area contributed by atoms with Crippen molar-refractivity contribution in [3.8, 4) is 5.75 Å². The molecule has 1 N–H and O–H groups in total. The van der Waals surface area contributed by atoms with E-state index in [0.717, 1.165) is 44.8 Å². The van der Waals surface area contributed by atoms with Crippen LogP contribution in [0, 0.1) is 0 Å². The Kier molecular flexibility index (Phi) is 11.6. The van der Waals surface area contributed by atoms with Gasteiger partial charge in [0, 0.05) is 6.04 Å². The molecule has 3 heteroatoms. The predicted molar refractivity (Wildman–Crippen MR) is 130 cm³/mol. The van der Waals surface area contributed by atoms with E-state index in [2.05, 4.69) is 86.6 Å². The first kappa shape index (κ1) is 24.4. The highest BCUT2D eigenvalue weighted by molar-refractivity contribution is 5.30. The van der Waals surface area contributed by atoms with Crippen LogP contribution in [0.2, 0.25) is 0 Å². The Bertz CT molecular complexity index is 698. The molecule has 0 aliphatic rings. The fourth-order valence-corrected chi connectivity index (χ4v) is 3.54. The summed E-state index contributed by atoms with van der Waals surface area (Å²) in [6, 6.07) is 18.0. The van der Waals surface area contributed by atoms with Crippen molar-refractivity contribution in [2.75, 3.05) is 33.3 Å². The third-order valence-electron chi connectivity index (χ3n) is 5.79. The minimum Gasteiger partial charge on any atom is -0.494 e. The molecule has 2 rings (SSSR count). The predicted octanol–water partition coefficient (Wildman–Crippen LogP) is 6.03. The lowest BCUT2D eigenvalue weighted by Crippen LogP contribution is -2.25. The van der Waals surface area contributed by atoms with Crippen LogP contribution in [-0.2, 0) is 12.8 Å². The minimum atomic E-state index is 0.340. The van der Waals surface area contributed by atoms with Gasteiger partial charge in [-0.25, -0.2) is 0 Å². The molecule has 2 aromatic rings. The Morgan fingerprint density at radius 3 is 2.30 bits per heavy atom. The Hall–Kier alpha value is -1.84. The van der Waals surface area contributed by atoms with Crippen LogP contribution in [0.25, 0.3) is 0 Å². The second-order valence-corrected chi connectivity index (χ2v) is 8.37. The Balaban J connectivity index is 1.69. The number of hydrogen-bond acceptors (Lipinski definition) is 3. The molecule has 166 valence electrons. The number of unbranched alkanes of at least 4 members (excludes halogenated alkanes) is 1. The Morgan fingerprint density at radius 1 is 0.933 bits per heavy atom. The van der Waals surface area contributed by atoms with Crippen molar-refractivity contribution in [2.24, 2.45) is 0 Å². The molecular weight excluding hydrogens is 368 g/mol. The van der Waals surface area contributed by atoms with Crippen LogP contribution >= 0.6 is 0 Å². The van der Waals surface area contributed by atoms with E-state index >= 15 is 0 Å². The second kappa shape index (κ2) is 14.2. The van der Waals surface area contributed by atoms with Crippen molar-refractivity contribution in [1.82, 2.24) is 10.2 Å². The first-order valence-corrected chi connectivity index (χ1v) is 11.8. The summed E-state index contributed by atoms with van der Waals surface area (Å²) >= 11 is 0. The van der Waals surface area contributed by atoms with Gasteiger partial charge in [0.15, 0.2) is 0 Å². The molecule has 0 aromatic heterocycles. The van der Waals surface area contributed by atoms with Crippen molar-refractivity contribution in [1.29, 1.82) is 0 Å². The van der Waals surface area contributed by atoms with Gasteiger partial charge in [0.05, 0.1) is 6.61 Å². The number of benzene rings is 2. The zero-order valence-corrected chi connectivity index (χ0v) is 19.6. The van der Waals surface area contributed by atoms with Gasteiger partial charge in [0.25, 0.3) is 0 Å².